The van der Waals surface area contributed by atoms with E-state index in [0.717, 1.165) is 45.3 Å². The zero-order valence-corrected chi connectivity index (χ0v) is 13.8. The van der Waals surface area contributed by atoms with Crippen molar-refractivity contribution in [3.63, 3.8) is 0 Å². The molecule has 1 aliphatic rings. The topological polar surface area (TPSA) is 38.8 Å². The number of ether oxygens (including phenoxy) is 2. The van der Waals surface area contributed by atoms with E-state index < -0.39 is 0 Å². The van der Waals surface area contributed by atoms with Crippen LogP contribution in [-0.2, 0) is 9.53 Å². The van der Waals surface area contributed by atoms with E-state index in [1.54, 1.807) is 12.1 Å². The number of carbonyl (C=O) groups excluding carboxylic acids is 1. The Hall–Kier alpha value is -1.62. The molecule has 0 saturated carbocycles. The van der Waals surface area contributed by atoms with Crippen molar-refractivity contribution in [3.8, 4) is 5.75 Å². The van der Waals surface area contributed by atoms with Crippen LogP contribution in [0.4, 0.5) is 4.39 Å². The quantitative estimate of drug-likeness (QED) is 0.544. The molecule has 1 saturated heterocycles. The van der Waals surface area contributed by atoms with Gasteiger partial charge in [0.2, 0.25) is 0 Å². The fraction of sp³-hybridized carbons (Fsp3) is 0.611. The molecule has 1 aliphatic heterocycles. The molecule has 0 aliphatic carbocycles. The van der Waals surface area contributed by atoms with Gasteiger partial charge in [0.1, 0.15) is 11.6 Å². The summed E-state index contributed by atoms with van der Waals surface area (Å²) in [7, 11) is 0. The fourth-order valence-electron chi connectivity index (χ4n) is 2.81. The molecule has 0 aromatic heterocycles. The number of rotatable bonds is 8. The van der Waals surface area contributed by atoms with Crippen molar-refractivity contribution in [1.82, 2.24) is 4.90 Å². The maximum absolute atomic E-state index is 12.8. The summed E-state index contributed by atoms with van der Waals surface area (Å²) < 4.78 is 23.4. The van der Waals surface area contributed by atoms with Gasteiger partial charge < -0.3 is 14.4 Å². The lowest BCUT2D eigenvalue weighted by Crippen LogP contribution is -2.37. The van der Waals surface area contributed by atoms with Crippen LogP contribution in [0.2, 0.25) is 0 Å². The van der Waals surface area contributed by atoms with Crippen LogP contribution >= 0.6 is 0 Å². The van der Waals surface area contributed by atoms with Gasteiger partial charge in [0.05, 0.1) is 19.1 Å². The average molecular weight is 323 g/mol. The number of halogens is 1. The molecular weight excluding hydrogens is 297 g/mol. The van der Waals surface area contributed by atoms with Gasteiger partial charge in [0, 0.05) is 0 Å². The number of benzene rings is 1. The number of unbranched alkanes of at least 4 members (excludes halogenated alkanes) is 1. The maximum atomic E-state index is 12.8. The summed E-state index contributed by atoms with van der Waals surface area (Å²) in [5, 5.41) is 0. The van der Waals surface area contributed by atoms with Crippen LogP contribution in [-0.4, -0.2) is 43.7 Å². The zero-order valence-electron chi connectivity index (χ0n) is 13.8. The third kappa shape index (κ3) is 6.18. The number of nitrogens with zero attached hydrogens (tertiary/aromatic N) is 1. The monoisotopic (exact) mass is 323 g/mol. The van der Waals surface area contributed by atoms with Gasteiger partial charge in [-0.2, -0.15) is 0 Å². The molecule has 1 aromatic carbocycles. The SMILES string of the molecule is CCOC(=O)C1CCN(CCCCOc2ccc(F)cc2)CC1. The number of piperidine rings is 1. The summed E-state index contributed by atoms with van der Waals surface area (Å²) in [6, 6.07) is 6.11. The largest absolute Gasteiger partial charge is 0.494 e. The number of carbonyl (C=O) groups is 1. The minimum absolute atomic E-state index is 0.0418. The molecule has 0 unspecified atom stereocenters. The van der Waals surface area contributed by atoms with Gasteiger partial charge in [0.15, 0.2) is 0 Å². The van der Waals surface area contributed by atoms with Crippen LogP contribution in [0.3, 0.4) is 0 Å². The van der Waals surface area contributed by atoms with Crippen molar-refractivity contribution in [1.29, 1.82) is 0 Å². The highest BCUT2D eigenvalue weighted by atomic mass is 19.1. The lowest BCUT2D eigenvalue weighted by Gasteiger charge is -2.30. The van der Waals surface area contributed by atoms with Crippen LogP contribution in [0, 0.1) is 11.7 Å². The van der Waals surface area contributed by atoms with E-state index in [9.17, 15) is 9.18 Å². The Morgan fingerprint density at radius 1 is 1.22 bits per heavy atom. The Balaban J connectivity index is 1.54. The van der Waals surface area contributed by atoms with Crippen molar-refractivity contribution in [2.75, 3.05) is 32.8 Å². The smallest absolute Gasteiger partial charge is 0.309 e. The molecular formula is C18H26FNO3. The molecule has 2 rings (SSSR count). The van der Waals surface area contributed by atoms with E-state index in [1.165, 1.54) is 12.1 Å². The lowest BCUT2D eigenvalue weighted by atomic mass is 9.97. The number of likely N-dealkylation sites (tertiary alicyclic amines) is 1. The van der Waals surface area contributed by atoms with Crippen LogP contribution in [0.1, 0.15) is 32.6 Å². The Morgan fingerprint density at radius 2 is 1.91 bits per heavy atom. The van der Waals surface area contributed by atoms with E-state index in [1.807, 2.05) is 6.92 Å². The minimum Gasteiger partial charge on any atom is -0.494 e. The third-order valence-corrected chi connectivity index (χ3v) is 4.16. The van der Waals surface area contributed by atoms with Crippen molar-refractivity contribution in [2.45, 2.75) is 32.6 Å². The summed E-state index contributed by atoms with van der Waals surface area (Å²) in [5.74, 6) is 0.498. The first-order valence-electron chi connectivity index (χ1n) is 8.46. The summed E-state index contributed by atoms with van der Waals surface area (Å²) in [5.41, 5.74) is 0. The van der Waals surface area contributed by atoms with E-state index in [-0.39, 0.29) is 17.7 Å². The lowest BCUT2D eigenvalue weighted by molar-refractivity contribution is -0.149. The Morgan fingerprint density at radius 3 is 2.57 bits per heavy atom. The van der Waals surface area contributed by atoms with E-state index in [4.69, 9.17) is 9.47 Å². The van der Waals surface area contributed by atoms with Crippen molar-refractivity contribution in [3.05, 3.63) is 30.1 Å². The molecule has 1 heterocycles. The molecule has 0 amide bonds. The van der Waals surface area contributed by atoms with Gasteiger partial charge in [-0.1, -0.05) is 0 Å². The average Bonchev–Trinajstić information content (AvgIpc) is 2.57. The highest BCUT2D eigenvalue weighted by Gasteiger charge is 2.25. The van der Waals surface area contributed by atoms with Gasteiger partial charge >= 0.3 is 5.97 Å². The number of hydrogen-bond donors (Lipinski definition) is 0. The second-order valence-electron chi connectivity index (χ2n) is 5.88. The molecule has 1 fully saturated rings. The molecule has 23 heavy (non-hydrogen) atoms. The van der Waals surface area contributed by atoms with Gasteiger partial charge in [-0.3, -0.25) is 4.79 Å². The maximum Gasteiger partial charge on any atom is 0.309 e. The molecule has 1 aromatic rings. The second-order valence-corrected chi connectivity index (χ2v) is 5.88. The van der Waals surface area contributed by atoms with Gasteiger partial charge in [-0.15, -0.1) is 0 Å². The summed E-state index contributed by atoms with van der Waals surface area (Å²) in [6.07, 6.45) is 3.82. The fourth-order valence-corrected chi connectivity index (χ4v) is 2.81. The first-order valence-corrected chi connectivity index (χ1v) is 8.46. The summed E-state index contributed by atoms with van der Waals surface area (Å²) in [6.45, 7) is 5.91. The molecule has 4 nitrogen and oxygen atoms in total. The first kappa shape index (κ1) is 17.7. The van der Waals surface area contributed by atoms with Crippen molar-refractivity contribution < 1.29 is 18.7 Å². The number of hydrogen-bond acceptors (Lipinski definition) is 4. The van der Waals surface area contributed by atoms with Gasteiger partial charge in [0.25, 0.3) is 0 Å². The minimum atomic E-state index is -0.247. The van der Waals surface area contributed by atoms with E-state index >= 15 is 0 Å². The Labute approximate surface area is 137 Å². The normalized spacial score (nSPS) is 16.3. The van der Waals surface area contributed by atoms with E-state index in [0.29, 0.717) is 19.0 Å². The Bertz CT molecular complexity index is 470. The standard InChI is InChI=1S/C18H26FNO3/c1-2-22-18(21)15-9-12-20(13-10-15)11-3-4-14-23-17-7-5-16(19)6-8-17/h5-8,15H,2-4,9-14H2,1H3. The first-order chi connectivity index (χ1) is 11.2. The van der Waals surface area contributed by atoms with Crippen LogP contribution in [0.25, 0.3) is 0 Å². The van der Waals surface area contributed by atoms with Crippen LogP contribution < -0.4 is 4.74 Å². The van der Waals surface area contributed by atoms with Crippen molar-refractivity contribution in [2.24, 2.45) is 5.92 Å². The highest BCUT2D eigenvalue weighted by Crippen LogP contribution is 2.19. The Kier molecular flexibility index (Phi) is 7.33. The van der Waals surface area contributed by atoms with Gasteiger partial charge in [-0.05, 0) is 76.5 Å². The van der Waals surface area contributed by atoms with Gasteiger partial charge in [-0.25, -0.2) is 4.39 Å². The molecule has 0 spiro atoms. The van der Waals surface area contributed by atoms with E-state index in [2.05, 4.69) is 4.90 Å². The summed E-state index contributed by atoms with van der Waals surface area (Å²) >= 11 is 0. The summed E-state index contributed by atoms with van der Waals surface area (Å²) in [4.78, 5) is 14.1. The third-order valence-electron chi connectivity index (χ3n) is 4.16. The van der Waals surface area contributed by atoms with Crippen LogP contribution in [0.15, 0.2) is 24.3 Å². The molecule has 5 heteroatoms. The predicted octanol–water partition coefficient (Wildman–Crippen LogP) is 3.26. The molecule has 128 valence electrons. The number of esters is 1. The molecule has 0 bridgehead atoms. The predicted molar refractivity (Wildman–Crippen MR) is 86.9 cm³/mol. The zero-order chi connectivity index (χ0) is 16.5. The molecule has 0 N–H and O–H groups in total. The van der Waals surface area contributed by atoms with Crippen molar-refractivity contribution >= 4 is 5.97 Å². The van der Waals surface area contributed by atoms with Crippen LogP contribution in [0.5, 0.6) is 5.75 Å². The second kappa shape index (κ2) is 9.50. The highest BCUT2D eigenvalue weighted by molar-refractivity contribution is 5.72. The molecule has 0 radical (unpaired) electrons. The molecule has 0 atom stereocenters.